The van der Waals surface area contributed by atoms with Crippen LogP contribution in [0.4, 0.5) is 35.1 Å². The first-order chi connectivity index (χ1) is 12.5. The summed E-state index contributed by atoms with van der Waals surface area (Å²) in [5.74, 6) is -13.4. The Morgan fingerprint density at radius 1 is 0.778 bits per heavy atom. The number of hydrogen-bond acceptors (Lipinski definition) is 2. The molecule has 1 atom stereocenters. The first-order valence-corrected chi connectivity index (χ1v) is 7.16. The number of fused-ring (bicyclic) bond motifs is 1. The quantitative estimate of drug-likeness (QED) is 0.388. The van der Waals surface area contributed by atoms with Gasteiger partial charge in [0.05, 0.1) is 11.1 Å². The van der Waals surface area contributed by atoms with Crippen molar-refractivity contribution in [3.63, 3.8) is 0 Å². The predicted molar refractivity (Wildman–Crippen MR) is 77.0 cm³/mol. The van der Waals surface area contributed by atoms with Gasteiger partial charge in [-0.3, -0.25) is 4.98 Å². The second-order valence-corrected chi connectivity index (χ2v) is 5.56. The maximum atomic E-state index is 14.0. The Hall–Kier alpha value is -2.75. The van der Waals surface area contributed by atoms with E-state index < -0.39 is 52.0 Å². The fourth-order valence-electron chi connectivity index (χ4n) is 2.67. The summed E-state index contributed by atoms with van der Waals surface area (Å²) in [4.78, 5) is 3.83. The molecule has 1 N–H and O–H groups in total. The zero-order valence-corrected chi connectivity index (χ0v) is 12.9. The second kappa shape index (κ2) is 6.15. The highest BCUT2D eigenvalue weighted by Crippen LogP contribution is 2.47. The van der Waals surface area contributed by atoms with Crippen LogP contribution in [0.25, 0.3) is 10.9 Å². The summed E-state index contributed by atoms with van der Waals surface area (Å²) in [6.45, 7) is 0. The Balaban J connectivity index is 2.42. The van der Waals surface area contributed by atoms with E-state index in [2.05, 4.69) is 4.98 Å². The molecule has 1 aromatic heterocycles. The molecule has 0 saturated heterocycles. The number of rotatable bonds is 2. The second-order valence-electron chi connectivity index (χ2n) is 5.56. The molecule has 27 heavy (non-hydrogen) atoms. The molecule has 0 bridgehead atoms. The van der Waals surface area contributed by atoms with Crippen molar-refractivity contribution in [1.29, 1.82) is 0 Å². The lowest BCUT2D eigenvalue weighted by Crippen LogP contribution is -2.45. The van der Waals surface area contributed by atoms with Gasteiger partial charge in [-0.25, -0.2) is 22.0 Å². The van der Waals surface area contributed by atoms with Gasteiger partial charge in [0.1, 0.15) is 0 Å². The molecule has 1 heterocycles. The van der Waals surface area contributed by atoms with Gasteiger partial charge in [0.15, 0.2) is 23.3 Å². The molecule has 0 aliphatic rings. The van der Waals surface area contributed by atoms with Crippen LogP contribution in [-0.2, 0) is 5.60 Å². The third-order valence-electron chi connectivity index (χ3n) is 4.00. The van der Waals surface area contributed by atoms with E-state index in [0.29, 0.717) is 12.1 Å². The van der Waals surface area contributed by atoms with Gasteiger partial charge in [-0.15, -0.1) is 0 Å². The van der Waals surface area contributed by atoms with E-state index in [0.717, 1.165) is 6.07 Å². The monoisotopic (exact) mass is 393 g/mol. The molecular formula is C17H7F8NO. The third kappa shape index (κ3) is 2.71. The van der Waals surface area contributed by atoms with Gasteiger partial charge in [0, 0.05) is 11.6 Å². The zero-order valence-electron chi connectivity index (χ0n) is 12.9. The van der Waals surface area contributed by atoms with Gasteiger partial charge in [-0.2, -0.15) is 13.2 Å². The molecule has 0 radical (unpaired) electrons. The normalized spacial score (nSPS) is 14.4. The van der Waals surface area contributed by atoms with Crippen molar-refractivity contribution in [1.82, 2.24) is 4.98 Å². The van der Waals surface area contributed by atoms with Crippen molar-refractivity contribution in [2.24, 2.45) is 0 Å². The number of aromatic nitrogens is 1. The molecule has 0 aliphatic carbocycles. The first kappa shape index (κ1) is 19.0. The molecule has 0 fully saturated rings. The average molecular weight is 393 g/mol. The summed E-state index contributed by atoms with van der Waals surface area (Å²) in [5, 5.41) is 10.3. The molecule has 1 unspecified atom stereocenters. The molecule has 10 heteroatoms. The standard InChI is InChI=1S/C17H7F8NO/c18-11-10(12(19)14(21)15(22)13(11)20)16(27,17(23,24)25)8-3-4-9-7(6-8)2-1-5-26-9/h1-6,27H. The summed E-state index contributed by atoms with van der Waals surface area (Å²) in [7, 11) is 0. The molecule has 0 saturated carbocycles. The highest BCUT2D eigenvalue weighted by atomic mass is 19.4. The van der Waals surface area contributed by atoms with Crippen molar-refractivity contribution in [3.05, 3.63) is 76.7 Å². The van der Waals surface area contributed by atoms with E-state index in [1.807, 2.05) is 0 Å². The van der Waals surface area contributed by atoms with E-state index in [-0.39, 0.29) is 10.9 Å². The largest absolute Gasteiger partial charge is 0.425 e. The summed E-state index contributed by atoms with van der Waals surface area (Å²) in [6.07, 6.45) is -4.50. The van der Waals surface area contributed by atoms with E-state index in [1.54, 1.807) is 0 Å². The summed E-state index contributed by atoms with van der Waals surface area (Å²) in [6, 6.07) is 4.99. The van der Waals surface area contributed by atoms with Crippen LogP contribution < -0.4 is 0 Å². The van der Waals surface area contributed by atoms with Crippen LogP contribution in [0.5, 0.6) is 0 Å². The number of halogens is 8. The fraction of sp³-hybridized carbons (Fsp3) is 0.118. The van der Waals surface area contributed by atoms with Crippen molar-refractivity contribution >= 4 is 10.9 Å². The summed E-state index contributed by atoms with van der Waals surface area (Å²) < 4.78 is 109. The Morgan fingerprint density at radius 2 is 1.33 bits per heavy atom. The van der Waals surface area contributed by atoms with Crippen LogP contribution >= 0.6 is 0 Å². The van der Waals surface area contributed by atoms with Crippen molar-refractivity contribution in [3.8, 4) is 0 Å². The van der Waals surface area contributed by atoms with E-state index in [1.165, 1.54) is 18.3 Å². The molecule has 0 aliphatic heterocycles. The smallest absolute Gasteiger partial charge is 0.372 e. The van der Waals surface area contributed by atoms with Crippen LogP contribution in [0, 0.1) is 29.1 Å². The van der Waals surface area contributed by atoms with Crippen LogP contribution in [0.15, 0.2) is 36.5 Å². The Bertz CT molecular complexity index is 1020. The molecule has 3 aromatic rings. The number of nitrogens with zero attached hydrogens (tertiary/aromatic N) is 1. The van der Waals surface area contributed by atoms with Crippen LogP contribution in [0.3, 0.4) is 0 Å². The highest BCUT2D eigenvalue weighted by molar-refractivity contribution is 5.79. The average Bonchev–Trinajstić information content (AvgIpc) is 2.63. The topological polar surface area (TPSA) is 33.1 Å². The van der Waals surface area contributed by atoms with Crippen LogP contribution in [-0.4, -0.2) is 16.3 Å². The SMILES string of the molecule is OC(c1ccc2ncccc2c1)(c1c(F)c(F)c(F)c(F)c1F)C(F)(F)F. The van der Waals surface area contributed by atoms with Gasteiger partial charge in [0.25, 0.3) is 0 Å². The zero-order chi connectivity index (χ0) is 20.1. The van der Waals surface area contributed by atoms with Crippen LogP contribution in [0.2, 0.25) is 0 Å². The van der Waals surface area contributed by atoms with Gasteiger partial charge >= 0.3 is 6.18 Å². The number of pyridine rings is 1. The number of hydrogen-bond donors (Lipinski definition) is 1. The molecule has 3 rings (SSSR count). The van der Waals surface area contributed by atoms with Gasteiger partial charge < -0.3 is 5.11 Å². The van der Waals surface area contributed by atoms with Crippen molar-refractivity contribution in [2.75, 3.05) is 0 Å². The van der Waals surface area contributed by atoms with Gasteiger partial charge in [0.2, 0.25) is 11.4 Å². The lowest BCUT2D eigenvalue weighted by atomic mass is 9.84. The molecule has 0 spiro atoms. The highest BCUT2D eigenvalue weighted by Gasteiger charge is 2.60. The minimum atomic E-state index is -5.82. The first-order valence-electron chi connectivity index (χ1n) is 7.16. The van der Waals surface area contributed by atoms with Gasteiger partial charge in [-0.1, -0.05) is 12.1 Å². The van der Waals surface area contributed by atoms with Crippen molar-refractivity contribution < 1.29 is 40.2 Å². The maximum Gasteiger partial charge on any atom is 0.425 e. The Morgan fingerprint density at radius 3 is 1.89 bits per heavy atom. The van der Waals surface area contributed by atoms with Gasteiger partial charge in [-0.05, 0) is 23.8 Å². The van der Waals surface area contributed by atoms with Crippen LogP contribution in [0.1, 0.15) is 11.1 Å². The van der Waals surface area contributed by atoms with E-state index >= 15 is 0 Å². The molecule has 2 nitrogen and oxygen atoms in total. The summed E-state index contributed by atoms with van der Waals surface area (Å²) >= 11 is 0. The Kier molecular flexibility index (Phi) is 4.34. The Labute approximate surface area is 145 Å². The lowest BCUT2D eigenvalue weighted by molar-refractivity contribution is -0.250. The maximum absolute atomic E-state index is 14.0. The minimum absolute atomic E-state index is 0.0431. The molecular weight excluding hydrogens is 386 g/mol. The van der Waals surface area contributed by atoms with Crippen molar-refractivity contribution in [2.45, 2.75) is 11.8 Å². The minimum Gasteiger partial charge on any atom is -0.372 e. The number of alkyl halides is 3. The van der Waals surface area contributed by atoms with E-state index in [9.17, 15) is 40.2 Å². The molecule has 2 aromatic carbocycles. The third-order valence-corrected chi connectivity index (χ3v) is 4.00. The lowest BCUT2D eigenvalue weighted by Gasteiger charge is -2.32. The predicted octanol–water partition coefficient (Wildman–Crippen LogP) is 4.73. The summed E-state index contributed by atoms with van der Waals surface area (Å²) in [5.41, 5.74) is -7.86. The number of aliphatic hydroxyl groups is 1. The fourth-order valence-corrected chi connectivity index (χ4v) is 2.67. The molecule has 0 amide bonds. The molecule has 142 valence electrons. The number of benzene rings is 2. The van der Waals surface area contributed by atoms with E-state index in [4.69, 9.17) is 0 Å².